The van der Waals surface area contributed by atoms with E-state index < -0.39 is 5.91 Å². The molecule has 0 fully saturated rings. The Morgan fingerprint density at radius 1 is 1.43 bits per heavy atom. The van der Waals surface area contributed by atoms with Gasteiger partial charge in [-0.1, -0.05) is 22.0 Å². The van der Waals surface area contributed by atoms with E-state index in [1.54, 1.807) is 25.1 Å². The Labute approximate surface area is 130 Å². The number of hydrogen-bond acceptors (Lipinski definition) is 3. The van der Waals surface area contributed by atoms with Crippen LogP contribution in [0.5, 0.6) is 0 Å². The predicted octanol–water partition coefficient (Wildman–Crippen LogP) is 2.33. The summed E-state index contributed by atoms with van der Waals surface area (Å²) >= 11 is 3.31. The van der Waals surface area contributed by atoms with Gasteiger partial charge in [0.2, 0.25) is 0 Å². The monoisotopic (exact) mass is 350 g/mol. The lowest BCUT2D eigenvalue weighted by Gasteiger charge is -2.07. The standard InChI is InChI=1S/C14H15BrN4O2/c1-3-19-12(13(16)20)11(8(2)18-19)17-14(21)9-5-4-6-10(15)7-9/h4-7H,3H2,1-2H3,(H2,16,20)(H,17,21). The number of benzene rings is 1. The number of hydrogen-bond donors (Lipinski definition) is 2. The average Bonchev–Trinajstić information content (AvgIpc) is 2.75. The van der Waals surface area contributed by atoms with E-state index >= 15 is 0 Å². The molecule has 0 atom stereocenters. The highest BCUT2D eigenvalue weighted by Gasteiger charge is 2.21. The lowest BCUT2D eigenvalue weighted by atomic mass is 10.2. The van der Waals surface area contributed by atoms with Crippen LogP contribution >= 0.6 is 15.9 Å². The molecule has 0 aliphatic heterocycles. The lowest BCUT2D eigenvalue weighted by molar-refractivity contribution is 0.0991. The fourth-order valence-electron chi connectivity index (χ4n) is 2.03. The summed E-state index contributed by atoms with van der Waals surface area (Å²) in [7, 11) is 0. The van der Waals surface area contributed by atoms with Gasteiger partial charge >= 0.3 is 0 Å². The molecule has 0 bridgehead atoms. The number of aryl methyl sites for hydroxylation is 2. The first-order chi connectivity index (χ1) is 9.93. The zero-order valence-electron chi connectivity index (χ0n) is 11.7. The van der Waals surface area contributed by atoms with Crippen LogP contribution in [-0.4, -0.2) is 21.6 Å². The van der Waals surface area contributed by atoms with Crippen LogP contribution in [-0.2, 0) is 6.54 Å². The van der Waals surface area contributed by atoms with Crippen molar-refractivity contribution in [1.29, 1.82) is 0 Å². The molecule has 1 heterocycles. The van der Waals surface area contributed by atoms with Crippen LogP contribution in [0.2, 0.25) is 0 Å². The molecule has 0 aliphatic carbocycles. The maximum absolute atomic E-state index is 12.3. The molecule has 6 nitrogen and oxygen atoms in total. The summed E-state index contributed by atoms with van der Waals surface area (Å²) in [6.45, 7) is 4.06. The molecule has 2 amide bonds. The van der Waals surface area contributed by atoms with Crippen LogP contribution in [0, 0.1) is 6.92 Å². The number of anilines is 1. The number of nitrogens with two attached hydrogens (primary N) is 1. The number of nitrogens with one attached hydrogen (secondary N) is 1. The number of aromatic nitrogens is 2. The van der Waals surface area contributed by atoms with Crippen molar-refractivity contribution in [2.75, 3.05) is 5.32 Å². The second-order valence-electron chi connectivity index (χ2n) is 4.45. The summed E-state index contributed by atoms with van der Waals surface area (Å²) in [6.07, 6.45) is 0. The van der Waals surface area contributed by atoms with Crippen molar-refractivity contribution < 1.29 is 9.59 Å². The Morgan fingerprint density at radius 3 is 2.71 bits per heavy atom. The normalized spacial score (nSPS) is 10.4. The van der Waals surface area contributed by atoms with Gasteiger partial charge in [0.15, 0.2) is 0 Å². The van der Waals surface area contributed by atoms with Crippen molar-refractivity contribution in [2.24, 2.45) is 5.73 Å². The van der Waals surface area contributed by atoms with E-state index in [-0.39, 0.29) is 11.6 Å². The number of carbonyl (C=O) groups excluding carboxylic acids is 2. The summed E-state index contributed by atoms with van der Waals surface area (Å²) in [6, 6.07) is 6.96. The molecule has 1 aromatic carbocycles. The largest absolute Gasteiger partial charge is 0.364 e. The second kappa shape index (κ2) is 6.09. The smallest absolute Gasteiger partial charge is 0.269 e. The number of nitrogens with zero attached hydrogens (tertiary/aromatic N) is 2. The van der Waals surface area contributed by atoms with E-state index in [0.717, 1.165) is 4.47 Å². The van der Waals surface area contributed by atoms with Crippen molar-refractivity contribution in [3.05, 3.63) is 45.7 Å². The Hall–Kier alpha value is -2.15. The minimum atomic E-state index is -0.623. The molecule has 0 aliphatic rings. The quantitative estimate of drug-likeness (QED) is 0.886. The molecule has 0 radical (unpaired) electrons. The van der Waals surface area contributed by atoms with Gasteiger partial charge in [0.1, 0.15) is 5.69 Å². The van der Waals surface area contributed by atoms with E-state index in [9.17, 15) is 9.59 Å². The second-order valence-corrected chi connectivity index (χ2v) is 5.37. The van der Waals surface area contributed by atoms with E-state index in [2.05, 4.69) is 26.3 Å². The summed E-state index contributed by atoms with van der Waals surface area (Å²) in [5.74, 6) is -0.945. The van der Waals surface area contributed by atoms with E-state index in [1.807, 2.05) is 13.0 Å². The van der Waals surface area contributed by atoms with Crippen molar-refractivity contribution in [3.8, 4) is 0 Å². The van der Waals surface area contributed by atoms with Gasteiger partial charge in [0.25, 0.3) is 11.8 Å². The van der Waals surface area contributed by atoms with Crippen molar-refractivity contribution >= 4 is 33.4 Å². The fraction of sp³-hybridized carbons (Fsp3) is 0.214. The molecule has 3 N–H and O–H groups in total. The molecular weight excluding hydrogens is 336 g/mol. The van der Waals surface area contributed by atoms with Gasteiger partial charge in [0.05, 0.1) is 11.4 Å². The number of amides is 2. The highest BCUT2D eigenvalue weighted by Crippen LogP contribution is 2.21. The lowest BCUT2D eigenvalue weighted by Crippen LogP contribution is -2.21. The molecule has 2 aromatic rings. The predicted molar refractivity (Wildman–Crippen MR) is 83.3 cm³/mol. The number of rotatable bonds is 4. The summed E-state index contributed by atoms with van der Waals surface area (Å²) in [5.41, 5.74) is 6.97. The summed E-state index contributed by atoms with van der Waals surface area (Å²) < 4.78 is 2.28. The van der Waals surface area contributed by atoms with Gasteiger partial charge in [-0.3, -0.25) is 14.3 Å². The van der Waals surface area contributed by atoms with Crippen molar-refractivity contribution in [3.63, 3.8) is 0 Å². The Morgan fingerprint density at radius 2 is 2.14 bits per heavy atom. The van der Waals surface area contributed by atoms with E-state index in [0.29, 0.717) is 23.5 Å². The van der Waals surface area contributed by atoms with Gasteiger partial charge in [0, 0.05) is 16.6 Å². The molecular formula is C14H15BrN4O2. The molecule has 0 spiro atoms. The third-order valence-electron chi connectivity index (χ3n) is 2.99. The van der Waals surface area contributed by atoms with Crippen LogP contribution in [0.3, 0.4) is 0 Å². The van der Waals surface area contributed by atoms with Gasteiger partial charge in [-0.2, -0.15) is 5.10 Å². The molecule has 1 aromatic heterocycles. The summed E-state index contributed by atoms with van der Waals surface area (Å²) in [4.78, 5) is 23.9. The topological polar surface area (TPSA) is 90.0 Å². The van der Waals surface area contributed by atoms with Crippen molar-refractivity contribution in [2.45, 2.75) is 20.4 Å². The molecule has 0 saturated carbocycles. The SMILES string of the molecule is CCn1nc(C)c(NC(=O)c2cccc(Br)c2)c1C(N)=O. The zero-order valence-corrected chi connectivity index (χ0v) is 13.3. The van der Waals surface area contributed by atoms with Crippen LogP contribution in [0.4, 0.5) is 5.69 Å². The Kier molecular flexibility index (Phi) is 4.42. The van der Waals surface area contributed by atoms with Crippen LogP contribution in [0.25, 0.3) is 0 Å². The first kappa shape index (κ1) is 15.2. The minimum absolute atomic E-state index is 0.207. The Balaban J connectivity index is 2.37. The molecule has 0 unspecified atom stereocenters. The van der Waals surface area contributed by atoms with Crippen molar-refractivity contribution in [1.82, 2.24) is 9.78 Å². The van der Waals surface area contributed by atoms with Gasteiger partial charge in [-0.25, -0.2) is 0 Å². The highest BCUT2D eigenvalue weighted by molar-refractivity contribution is 9.10. The molecule has 21 heavy (non-hydrogen) atoms. The first-order valence-corrected chi connectivity index (χ1v) is 7.17. The number of primary amides is 1. The van der Waals surface area contributed by atoms with Crippen LogP contribution < -0.4 is 11.1 Å². The van der Waals surface area contributed by atoms with Gasteiger partial charge < -0.3 is 11.1 Å². The summed E-state index contributed by atoms with van der Waals surface area (Å²) in [5, 5.41) is 6.92. The van der Waals surface area contributed by atoms with E-state index in [1.165, 1.54) is 4.68 Å². The van der Waals surface area contributed by atoms with Gasteiger partial charge in [-0.05, 0) is 32.0 Å². The number of carbonyl (C=O) groups is 2. The average molecular weight is 351 g/mol. The van der Waals surface area contributed by atoms with Crippen LogP contribution in [0.1, 0.15) is 33.5 Å². The third kappa shape index (κ3) is 3.13. The molecule has 2 rings (SSSR count). The van der Waals surface area contributed by atoms with Gasteiger partial charge in [-0.15, -0.1) is 0 Å². The highest BCUT2D eigenvalue weighted by atomic mass is 79.9. The third-order valence-corrected chi connectivity index (χ3v) is 3.48. The van der Waals surface area contributed by atoms with E-state index in [4.69, 9.17) is 5.73 Å². The zero-order chi connectivity index (χ0) is 15.6. The minimum Gasteiger partial charge on any atom is -0.364 e. The number of halogens is 1. The molecule has 7 heteroatoms. The maximum atomic E-state index is 12.3. The Bertz CT molecular complexity index is 709. The van der Waals surface area contributed by atoms with Crippen LogP contribution in [0.15, 0.2) is 28.7 Å². The molecule has 110 valence electrons. The maximum Gasteiger partial charge on any atom is 0.269 e. The first-order valence-electron chi connectivity index (χ1n) is 6.38. The fourth-order valence-corrected chi connectivity index (χ4v) is 2.43. The molecule has 0 saturated heterocycles.